The molecule has 3 rings (SSSR count). The molecule has 1 heterocycles. The summed E-state index contributed by atoms with van der Waals surface area (Å²) in [6.07, 6.45) is 1.29. The van der Waals surface area contributed by atoms with Crippen LogP contribution in [0.4, 0.5) is 10.5 Å². The molecule has 28 heavy (non-hydrogen) atoms. The topological polar surface area (TPSA) is 113 Å². The summed E-state index contributed by atoms with van der Waals surface area (Å²) in [5.74, 6) is -2.52. The van der Waals surface area contributed by atoms with Crippen molar-refractivity contribution in [2.45, 2.75) is 0 Å². The first-order valence-corrected chi connectivity index (χ1v) is 8.34. The Morgan fingerprint density at radius 1 is 1.14 bits per heavy atom. The maximum Gasteiger partial charge on any atom is 0.341 e. The molecular weight excluding hydrogens is 388 g/mol. The average molecular weight is 401 g/mol. The van der Waals surface area contributed by atoms with Crippen molar-refractivity contribution in [3.8, 4) is 5.75 Å². The minimum atomic E-state index is -1.14. The van der Waals surface area contributed by atoms with Crippen LogP contribution in [0.15, 0.2) is 54.1 Å². The molecule has 0 aromatic heterocycles. The van der Waals surface area contributed by atoms with E-state index in [-0.39, 0.29) is 17.0 Å². The van der Waals surface area contributed by atoms with Gasteiger partial charge < -0.3 is 9.84 Å². The Hall–Kier alpha value is -3.65. The predicted octanol–water partition coefficient (Wildman–Crippen LogP) is 2.47. The number of urea groups is 1. The number of carboxylic acid groups (broad SMARTS) is 1. The Bertz CT molecular complexity index is 1000. The SMILES string of the molecule is O=C(O)COc1cccc(C=C2C(=O)NC(=O)N(c3ccc(Cl)cc3)C2=O)c1. The summed E-state index contributed by atoms with van der Waals surface area (Å²) in [4.78, 5) is 48.5. The lowest BCUT2D eigenvalue weighted by atomic mass is 10.1. The van der Waals surface area contributed by atoms with Gasteiger partial charge in [-0.2, -0.15) is 0 Å². The van der Waals surface area contributed by atoms with E-state index in [1.54, 1.807) is 12.1 Å². The van der Waals surface area contributed by atoms with Crippen LogP contribution in [0.5, 0.6) is 5.75 Å². The van der Waals surface area contributed by atoms with Gasteiger partial charge in [-0.25, -0.2) is 14.5 Å². The minimum Gasteiger partial charge on any atom is -0.482 e. The number of amides is 4. The number of benzene rings is 2. The number of ether oxygens (including phenoxy) is 1. The molecule has 0 spiro atoms. The lowest BCUT2D eigenvalue weighted by Gasteiger charge is -2.26. The lowest BCUT2D eigenvalue weighted by Crippen LogP contribution is -2.54. The third kappa shape index (κ3) is 4.18. The van der Waals surface area contributed by atoms with Crippen molar-refractivity contribution in [2.24, 2.45) is 0 Å². The number of nitrogens with zero attached hydrogens (tertiary/aromatic N) is 1. The van der Waals surface area contributed by atoms with Crippen LogP contribution in [0.25, 0.3) is 6.08 Å². The number of anilines is 1. The summed E-state index contributed by atoms with van der Waals surface area (Å²) in [5, 5.41) is 11.2. The first kappa shape index (κ1) is 19.1. The van der Waals surface area contributed by atoms with E-state index in [0.29, 0.717) is 10.6 Å². The van der Waals surface area contributed by atoms with Crippen LogP contribution in [0, 0.1) is 0 Å². The number of imide groups is 2. The van der Waals surface area contributed by atoms with Crippen molar-refractivity contribution < 1.29 is 29.0 Å². The average Bonchev–Trinajstić information content (AvgIpc) is 2.65. The van der Waals surface area contributed by atoms with Crippen LogP contribution < -0.4 is 15.0 Å². The maximum absolute atomic E-state index is 12.8. The van der Waals surface area contributed by atoms with Crippen molar-refractivity contribution in [2.75, 3.05) is 11.5 Å². The van der Waals surface area contributed by atoms with E-state index in [9.17, 15) is 19.2 Å². The zero-order chi connectivity index (χ0) is 20.3. The summed E-state index contributed by atoms with van der Waals surface area (Å²) in [5.41, 5.74) is 0.417. The quantitative estimate of drug-likeness (QED) is 0.588. The molecule has 8 nitrogen and oxygen atoms in total. The highest BCUT2D eigenvalue weighted by Gasteiger charge is 2.36. The van der Waals surface area contributed by atoms with E-state index in [2.05, 4.69) is 5.32 Å². The van der Waals surface area contributed by atoms with Gasteiger partial charge in [-0.05, 0) is 48.0 Å². The highest BCUT2D eigenvalue weighted by atomic mass is 35.5. The fourth-order valence-electron chi connectivity index (χ4n) is 2.49. The highest BCUT2D eigenvalue weighted by Crippen LogP contribution is 2.24. The van der Waals surface area contributed by atoms with Crippen LogP contribution in [0.3, 0.4) is 0 Å². The van der Waals surface area contributed by atoms with Crippen LogP contribution in [-0.4, -0.2) is 35.5 Å². The number of rotatable bonds is 5. The molecule has 2 aromatic carbocycles. The molecular formula is C19H13ClN2O6. The van der Waals surface area contributed by atoms with Crippen molar-refractivity contribution >= 4 is 47.2 Å². The highest BCUT2D eigenvalue weighted by molar-refractivity contribution is 6.39. The first-order chi connectivity index (χ1) is 13.3. The normalized spacial score (nSPS) is 15.5. The van der Waals surface area contributed by atoms with Crippen molar-refractivity contribution in [3.05, 3.63) is 64.7 Å². The standard InChI is InChI=1S/C19H13ClN2O6/c20-12-4-6-13(7-5-12)22-18(26)15(17(25)21-19(22)27)9-11-2-1-3-14(8-11)28-10-16(23)24/h1-9H,10H2,(H,23,24)(H,21,25,27). The van der Waals surface area contributed by atoms with E-state index < -0.39 is 30.4 Å². The van der Waals surface area contributed by atoms with Gasteiger partial charge in [-0.1, -0.05) is 23.7 Å². The Labute approximate surface area is 164 Å². The lowest BCUT2D eigenvalue weighted by molar-refractivity contribution is -0.139. The summed E-state index contributed by atoms with van der Waals surface area (Å²) in [7, 11) is 0. The van der Waals surface area contributed by atoms with Gasteiger partial charge >= 0.3 is 12.0 Å². The van der Waals surface area contributed by atoms with Gasteiger partial charge in [0.15, 0.2) is 6.61 Å². The molecule has 0 aliphatic carbocycles. The molecule has 142 valence electrons. The van der Waals surface area contributed by atoms with Crippen molar-refractivity contribution in [3.63, 3.8) is 0 Å². The van der Waals surface area contributed by atoms with E-state index in [1.165, 1.54) is 42.5 Å². The molecule has 1 fully saturated rings. The van der Waals surface area contributed by atoms with Crippen molar-refractivity contribution in [1.82, 2.24) is 5.32 Å². The number of halogens is 1. The van der Waals surface area contributed by atoms with Gasteiger partial charge in [-0.15, -0.1) is 0 Å². The number of nitrogens with one attached hydrogen (secondary N) is 1. The molecule has 2 N–H and O–H groups in total. The second kappa shape index (κ2) is 7.93. The maximum atomic E-state index is 12.8. The smallest absolute Gasteiger partial charge is 0.341 e. The third-order valence-electron chi connectivity index (χ3n) is 3.72. The Morgan fingerprint density at radius 2 is 1.86 bits per heavy atom. The number of carbonyl (C=O) groups is 4. The number of hydrogen-bond acceptors (Lipinski definition) is 5. The Balaban J connectivity index is 1.92. The van der Waals surface area contributed by atoms with Gasteiger partial charge in [-0.3, -0.25) is 14.9 Å². The summed E-state index contributed by atoms with van der Waals surface area (Å²) in [6.45, 7) is -0.529. The molecule has 0 unspecified atom stereocenters. The molecule has 0 radical (unpaired) electrons. The number of aliphatic carboxylic acids is 1. The van der Waals surface area contributed by atoms with Gasteiger partial charge in [0.05, 0.1) is 5.69 Å². The number of hydrogen-bond donors (Lipinski definition) is 2. The van der Waals surface area contributed by atoms with Gasteiger partial charge in [0.1, 0.15) is 11.3 Å². The second-order valence-corrected chi connectivity index (χ2v) is 6.13. The number of carbonyl (C=O) groups excluding carboxylic acids is 3. The van der Waals surface area contributed by atoms with Crippen LogP contribution in [0.2, 0.25) is 5.02 Å². The molecule has 1 aliphatic rings. The summed E-state index contributed by atoms with van der Waals surface area (Å²) in [6, 6.07) is 11.3. The molecule has 2 aromatic rings. The molecule has 0 saturated carbocycles. The van der Waals surface area contributed by atoms with E-state index in [1.807, 2.05) is 0 Å². The van der Waals surface area contributed by atoms with E-state index in [4.69, 9.17) is 21.4 Å². The van der Waals surface area contributed by atoms with Crippen molar-refractivity contribution in [1.29, 1.82) is 0 Å². The zero-order valence-electron chi connectivity index (χ0n) is 14.2. The third-order valence-corrected chi connectivity index (χ3v) is 3.97. The van der Waals surface area contributed by atoms with Gasteiger partial charge in [0.2, 0.25) is 0 Å². The number of barbiturate groups is 1. The molecule has 1 aliphatic heterocycles. The second-order valence-electron chi connectivity index (χ2n) is 5.69. The predicted molar refractivity (Wildman–Crippen MR) is 100 cm³/mol. The Kier molecular flexibility index (Phi) is 5.42. The van der Waals surface area contributed by atoms with Crippen LogP contribution in [0.1, 0.15) is 5.56 Å². The Morgan fingerprint density at radius 3 is 2.54 bits per heavy atom. The van der Waals surface area contributed by atoms with Crippen LogP contribution in [-0.2, 0) is 14.4 Å². The largest absolute Gasteiger partial charge is 0.482 e. The fraction of sp³-hybridized carbons (Fsp3) is 0.0526. The first-order valence-electron chi connectivity index (χ1n) is 7.97. The van der Waals surface area contributed by atoms with E-state index in [0.717, 1.165) is 4.90 Å². The van der Waals surface area contributed by atoms with E-state index >= 15 is 0 Å². The monoisotopic (exact) mass is 400 g/mol. The molecule has 4 amide bonds. The zero-order valence-corrected chi connectivity index (χ0v) is 15.0. The molecule has 0 bridgehead atoms. The molecule has 1 saturated heterocycles. The minimum absolute atomic E-state index is 0.254. The van der Waals surface area contributed by atoms with Gasteiger partial charge in [0, 0.05) is 5.02 Å². The fourth-order valence-corrected chi connectivity index (χ4v) is 2.61. The van der Waals surface area contributed by atoms with Gasteiger partial charge in [0.25, 0.3) is 11.8 Å². The summed E-state index contributed by atoms with van der Waals surface area (Å²) >= 11 is 5.82. The summed E-state index contributed by atoms with van der Waals surface area (Å²) < 4.78 is 5.08. The molecule has 0 atom stereocenters. The van der Waals surface area contributed by atoms with Crippen LogP contribution >= 0.6 is 11.6 Å². The molecule has 9 heteroatoms. The number of carboxylic acids is 1.